The molecule has 1 aliphatic heterocycles. The number of para-hydroxylation sites is 2. The zero-order valence-electron chi connectivity index (χ0n) is 42.0. The smallest absolute Gasteiger partial charge is 0.179 e. The highest BCUT2D eigenvalue weighted by Crippen LogP contribution is 2.52. The Morgan fingerprint density at radius 2 is 0.636 bits per heavy atom. The van der Waals surface area contributed by atoms with Crippen molar-refractivity contribution in [3.05, 3.63) is 297 Å². The summed E-state index contributed by atoms with van der Waals surface area (Å²) in [6, 6.07) is 109. The second kappa shape index (κ2) is 18.2. The van der Waals surface area contributed by atoms with Crippen molar-refractivity contribution in [2.24, 2.45) is 0 Å². The van der Waals surface area contributed by atoms with Gasteiger partial charge in [0.05, 0.1) is 44.8 Å². The number of hydrogen-bond donors (Lipinski definition) is 0. The molecule has 0 amide bonds. The minimum atomic E-state index is -2.89. The van der Waals surface area contributed by atoms with E-state index in [-0.39, 0.29) is 0 Å². The third-order valence-electron chi connectivity index (χ3n) is 15.8. The lowest BCUT2D eigenvalue weighted by Crippen LogP contribution is -2.74. The van der Waals surface area contributed by atoms with E-state index in [0.717, 1.165) is 62.0 Å². The van der Waals surface area contributed by atoms with Gasteiger partial charge in [-0.05, 0) is 116 Å². The molecular formula is C72H49N3OSi. The molecule has 14 aromatic rings. The van der Waals surface area contributed by atoms with Gasteiger partial charge in [0.25, 0.3) is 0 Å². The van der Waals surface area contributed by atoms with Crippen LogP contribution in [0.1, 0.15) is 0 Å². The van der Waals surface area contributed by atoms with Gasteiger partial charge in [-0.2, -0.15) is 0 Å². The van der Waals surface area contributed by atoms with Gasteiger partial charge in [0.15, 0.2) is 19.6 Å². The summed E-state index contributed by atoms with van der Waals surface area (Å²) in [5.41, 5.74) is 14.3. The van der Waals surface area contributed by atoms with E-state index < -0.39 is 8.07 Å². The third kappa shape index (κ3) is 7.20. The summed E-state index contributed by atoms with van der Waals surface area (Å²) in [6.45, 7) is 0. The molecule has 1 aliphatic rings. The van der Waals surface area contributed by atoms with Crippen molar-refractivity contribution < 1.29 is 4.74 Å². The first-order chi connectivity index (χ1) is 38.2. The summed E-state index contributed by atoms with van der Waals surface area (Å²) in [4.78, 5) is 2.42. The fraction of sp³-hybridized carbons (Fsp3) is 0. The molecule has 0 atom stereocenters. The van der Waals surface area contributed by atoms with Gasteiger partial charge >= 0.3 is 0 Å². The van der Waals surface area contributed by atoms with Crippen molar-refractivity contribution in [1.82, 2.24) is 9.13 Å². The molecule has 0 bridgehead atoms. The lowest BCUT2D eigenvalue weighted by Gasteiger charge is -2.37. The molecule has 3 heterocycles. The summed E-state index contributed by atoms with van der Waals surface area (Å²) >= 11 is 0. The highest BCUT2D eigenvalue weighted by Gasteiger charge is 2.42. The maximum Gasteiger partial charge on any atom is 0.179 e. The van der Waals surface area contributed by atoms with Crippen LogP contribution < -0.4 is 30.4 Å². The van der Waals surface area contributed by atoms with Gasteiger partial charge in [0.1, 0.15) is 0 Å². The zero-order valence-corrected chi connectivity index (χ0v) is 43.0. The fourth-order valence-corrected chi connectivity index (χ4v) is 17.2. The van der Waals surface area contributed by atoms with Crippen molar-refractivity contribution in [1.29, 1.82) is 0 Å². The number of aromatic nitrogens is 2. The first-order valence-electron chi connectivity index (χ1n) is 26.4. The Kier molecular flexibility index (Phi) is 10.5. The van der Waals surface area contributed by atoms with Crippen LogP contribution >= 0.6 is 0 Å². The molecule has 0 unspecified atom stereocenters. The van der Waals surface area contributed by atoms with Crippen molar-refractivity contribution in [2.75, 3.05) is 4.90 Å². The second-order valence-corrected chi connectivity index (χ2v) is 23.9. The van der Waals surface area contributed by atoms with E-state index in [1.807, 2.05) is 0 Å². The van der Waals surface area contributed by atoms with E-state index in [2.05, 4.69) is 311 Å². The Balaban J connectivity index is 0.955. The number of fused-ring (bicyclic) bond motifs is 8. The van der Waals surface area contributed by atoms with Gasteiger partial charge in [0, 0.05) is 39.4 Å². The van der Waals surface area contributed by atoms with E-state index in [1.165, 1.54) is 64.5 Å². The third-order valence-corrected chi connectivity index (χ3v) is 20.6. The second-order valence-electron chi connectivity index (χ2n) is 20.0. The van der Waals surface area contributed by atoms with E-state index in [1.54, 1.807) is 0 Å². The van der Waals surface area contributed by atoms with Gasteiger partial charge in [-0.3, -0.25) is 0 Å². The van der Waals surface area contributed by atoms with Crippen molar-refractivity contribution >= 4 is 89.5 Å². The Morgan fingerprint density at radius 3 is 1.09 bits per heavy atom. The van der Waals surface area contributed by atoms with Crippen LogP contribution in [0.5, 0.6) is 11.5 Å². The Bertz CT molecular complexity index is 4290. The van der Waals surface area contributed by atoms with Crippen LogP contribution in [0.25, 0.3) is 77.2 Å². The predicted octanol–water partition coefficient (Wildman–Crippen LogP) is 16.2. The zero-order chi connectivity index (χ0) is 50.9. The average Bonchev–Trinajstić information content (AvgIpc) is 4.10. The van der Waals surface area contributed by atoms with Crippen LogP contribution in [0.4, 0.5) is 17.1 Å². The van der Waals surface area contributed by atoms with E-state index in [4.69, 9.17) is 4.74 Å². The molecule has 12 aromatic carbocycles. The predicted molar refractivity (Wildman–Crippen MR) is 324 cm³/mol. The summed E-state index contributed by atoms with van der Waals surface area (Å²) in [7, 11) is -2.89. The molecule has 0 fully saturated rings. The van der Waals surface area contributed by atoms with Crippen molar-refractivity contribution in [2.45, 2.75) is 0 Å². The van der Waals surface area contributed by atoms with Gasteiger partial charge in [-0.1, -0.05) is 212 Å². The standard InChI is InChI=1S/C72H49N3OSi/c1-6-21-50(22-7-1)52-37-41-67-63(45-52)64-46-53(51-23-8-2-9-24-51)38-42-68(64)74(67)56-40-44-70-72(49-56)76-71-48-55(73-65-35-18-16-33-61(65)62-34-17-19-36-66(62)73)39-43-69(71)75(70)54-25-20-32-60(47-54)77(57-26-10-3-11-27-57,58-28-12-4-13-29-58)59-30-14-5-15-31-59/h1-49H. The molecule has 0 saturated carbocycles. The summed E-state index contributed by atoms with van der Waals surface area (Å²) in [5.74, 6) is 1.55. The van der Waals surface area contributed by atoms with Crippen LogP contribution in [0, 0.1) is 0 Å². The number of rotatable bonds is 9. The van der Waals surface area contributed by atoms with E-state index >= 15 is 0 Å². The molecule has 0 aliphatic carbocycles. The molecule has 5 heteroatoms. The first-order valence-corrected chi connectivity index (χ1v) is 28.4. The maximum atomic E-state index is 7.35. The number of anilines is 3. The molecule has 4 nitrogen and oxygen atoms in total. The van der Waals surface area contributed by atoms with Crippen LogP contribution in [0.3, 0.4) is 0 Å². The molecule has 0 radical (unpaired) electrons. The molecule has 0 spiro atoms. The number of nitrogens with zero attached hydrogens (tertiary/aromatic N) is 3. The summed E-state index contributed by atoms with van der Waals surface area (Å²) in [5, 5.41) is 10.1. The maximum absolute atomic E-state index is 7.35. The van der Waals surface area contributed by atoms with Crippen LogP contribution in [-0.2, 0) is 0 Å². The fourth-order valence-electron chi connectivity index (χ4n) is 12.4. The summed E-state index contributed by atoms with van der Waals surface area (Å²) in [6.07, 6.45) is 0. The first kappa shape index (κ1) is 44.5. The molecule has 77 heavy (non-hydrogen) atoms. The van der Waals surface area contributed by atoms with Gasteiger partial charge in [-0.15, -0.1) is 0 Å². The van der Waals surface area contributed by atoms with Crippen LogP contribution in [-0.4, -0.2) is 17.2 Å². The number of ether oxygens (including phenoxy) is 1. The largest absolute Gasteiger partial charge is 0.453 e. The number of benzene rings is 12. The lowest BCUT2D eigenvalue weighted by atomic mass is 10.0. The quantitative estimate of drug-likeness (QED) is 0.106. The molecule has 15 rings (SSSR count). The lowest BCUT2D eigenvalue weighted by molar-refractivity contribution is 0.476. The van der Waals surface area contributed by atoms with Crippen molar-refractivity contribution in [3.8, 4) is 45.1 Å². The minimum absolute atomic E-state index is 0.772. The van der Waals surface area contributed by atoms with Crippen molar-refractivity contribution in [3.63, 3.8) is 0 Å². The molecule has 362 valence electrons. The molecule has 2 aromatic heterocycles. The monoisotopic (exact) mass is 999 g/mol. The molecular weight excluding hydrogens is 951 g/mol. The minimum Gasteiger partial charge on any atom is -0.453 e. The highest BCUT2D eigenvalue weighted by atomic mass is 28.3. The van der Waals surface area contributed by atoms with Gasteiger partial charge in [0.2, 0.25) is 0 Å². The Hall–Kier alpha value is -9.94. The van der Waals surface area contributed by atoms with Gasteiger partial charge in [-0.25, -0.2) is 0 Å². The average molecular weight is 1000 g/mol. The SMILES string of the molecule is c1ccc(-c2ccc3c(c2)c2cc(-c4ccccc4)ccc2n3-c2ccc3c(c2)Oc2cc(-n4c5ccccc5c5ccccc54)ccc2N3c2cccc([Si](c3ccccc3)(c3ccccc3)c3ccccc3)c2)cc1. The van der Waals surface area contributed by atoms with E-state index in [0.29, 0.717) is 0 Å². The molecule has 0 N–H and O–H groups in total. The van der Waals surface area contributed by atoms with Crippen LogP contribution in [0.2, 0.25) is 0 Å². The van der Waals surface area contributed by atoms with Gasteiger partial charge < -0.3 is 18.8 Å². The highest BCUT2D eigenvalue weighted by molar-refractivity contribution is 7.19. The Morgan fingerprint density at radius 1 is 0.247 bits per heavy atom. The topological polar surface area (TPSA) is 22.3 Å². The van der Waals surface area contributed by atoms with Crippen LogP contribution in [0.15, 0.2) is 297 Å². The number of hydrogen-bond acceptors (Lipinski definition) is 2. The molecule has 0 saturated heterocycles. The Labute approximate surface area is 448 Å². The van der Waals surface area contributed by atoms with E-state index in [9.17, 15) is 0 Å². The normalized spacial score (nSPS) is 12.2. The summed E-state index contributed by atoms with van der Waals surface area (Å²) < 4.78 is 12.1.